The molecular formula is C18H27N3O4S. The van der Waals surface area contributed by atoms with Crippen molar-refractivity contribution < 1.29 is 19.1 Å². The van der Waals surface area contributed by atoms with Crippen LogP contribution in [0.1, 0.15) is 37.3 Å². The van der Waals surface area contributed by atoms with Crippen molar-refractivity contribution in [2.75, 3.05) is 23.9 Å². The standard InChI is InChI=1S/C18H27N3O4S/c1-11(2)13-7-5-6-12(3)16(13)21-15(22)10-25-17(23)14(8-9-26-4)20-18(19)24/h5-7,11,14H,8-10H2,1-4H3,(H,21,22)(H3,19,20,24)/t14-/m1/s1. The Morgan fingerprint density at radius 1 is 1.27 bits per heavy atom. The lowest BCUT2D eigenvalue weighted by Crippen LogP contribution is -2.45. The molecule has 0 fully saturated rings. The van der Waals surface area contributed by atoms with E-state index in [1.165, 1.54) is 11.8 Å². The summed E-state index contributed by atoms with van der Waals surface area (Å²) in [4.78, 5) is 35.3. The van der Waals surface area contributed by atoms with Gasteiger partial charge in [-0.05, 0) is 42.4 Å². The van der Waals surface area contributed by atoms with Gasteiger partial charge in [0.2, 0.25) is 0 Å². The molecule has 0 saturated heterocycles. The predicted molar refractivity (Wildman–Crippen MR) is 104 cm³/mol. The van der Waals surface area contributed by atoms with Gasteiger partial charge in [0.25, 0.3) is 5.91 Å². The maximum atomic E-state index is 12.2. The quantitative estimate of drug-likeness (QED) is 0.569. The van der Waals surface area contributed by atoms with Gasteiger partial charge >= 0.3 is 12.0 Å². The van der Waals surface area contributed by atoms with E-state index < -0.39 is 30.6 Å². The first-order valence-corrected chi connectivity index (χ1v) is 9.76. The average molecular weight is 381 g/mol. The van der Waals surface area contributed by atoms with E-state index >= 15 is 0 Å². The highest BCUT2D eigenvalue weighted by atomic mass is 32.2. The number of aryl methyl sites for hydroxylation is 1. The van der Waals surface area contributed by atoms with Crippen molar-refractivity contribution in [1.29, 1.82) is 0 Å². The zero-order valence-electron chi connectivity index (χ0n) is 15.6. The molecule has 0 aliphatic heterocycles. The second kappa shape index (κ2) is 10.7. The third-order valence-electron chi connectivity index (χ3n) is 3.75. The highest BCUT2D eigenvalue weighted by Gasteiger charge is 2.22. The molecule has 0 bridgehead atoms. The Balaban J connectivity index is 2.68. The normalized spacial score (nSPS) is 11.7. The van der Waals surface area contributed by atoms with E-state index in [4.69, 9.17) is 10.5 Å². The number of hydrogen-bond donors (Lipinski definition) is 3. The van der Waals surface area contributed by atoms with Gasteiger partial charge in [0.05, 0.1) is 0 Å². The Morgan fingerprint density at radius 3 is 2.54 bits per heavy atom. The maximum absolute atomic E-state index is 12.2. The number of carbonyl (C=O) groups is 3. The van der Waals surface area contributed by atoms with E-state index in [9.17, 15) is 14.4 Å². The topological polar surface area (TPSA) is 111 Å². The number of para-hydroxylation sites is 1. The fourth-order valence-electron chi connectivity index (χ4n) is 2.41. The minimum atomic E-state index is -0.863. The van der Waals surface area contributed by atoms with Crippen LogP contribution in [-0.2, 0) is 14.3 Å². The van der Waals surface area contributed by atoms with E-state index in [0.29, 0.717) is 12.2 Å². The molecule has 26 heavy (non-hydrogen) atoms. The maximum Gasteiger partial charge on any atom is 0.329 e. The summed E-state index contributed by atoms with van der Waals surface area (Å²) in [7, 11) is 0. The lowest BCUT2D eigenvalue weighted by Gasteiger charge is -2.18. The number of primary amides is 1. The number of rotatable bonds is 9. The number of urea groups is 1. The Morgan fingerprint density at radius 2 is 1.96 bits per heavy atom. The summed E-state index contributed by atoms with van der Waals surface area (Å²) in [6.45, 7) is 5.55. The van der Waals surface area contributed by atoms with Crippen LogP contribution in [0.3, 0.4) is 0 Å². The van der Waals surface area contributed by atoms with Gasteiger partial charge in [-0.2, -0.15) is 11.8 Å². The minimum Gasteiger partial charge on any atom is -0.454 e. The fraction of sp³-hybridized carbons (Fsp3) is 0.500. The molecule has 144 valence electrons. The summed E-state index contributed by atoms with van der Waals surface area (Å²) in [6, 6.07) is 4.13. The Kier molecular flexibility index (Phi) is 8.98. The highest BCUT2D eigenvalue weighted by molar-refractivity contribution is 7.98. The first kappa shape index (κ1) is 21.8. The van der Waals surface area contributed by atoms with Crippen molar-refractivity contribution in [2.24, 2.45) is 5.73 Å². The van der Waals surface area contributed by atoms with Crippen LogP contribution in [0.25, 0.3) is 0 Å². The van der Waals surface area contributed by atoms with E-state index in [1.807, 2.05) is 45.2 Å². The smallest absolute Gasteiger partial charge is 0.329 e. The molecule has 8 heteroatoms. The highest BCUT2D eigenvalue weighted by Crippen LogP contribution is 2.27. The zero-order chi connectivity index (χ0) is 19.7. The van der Waals surface area contributed by atoms with Crippen molar-refractivity contribution in [1.82, 2.24) is 5.32 Å². The molecule has 0 aliphatic rings. The number of thioether (sulfide) groups is 1. The molecule has 0 spiro atoms. The van der Waals surface area contributed by atoms with E-state index in [2.05, 4.69) is 10.6 Å². The molecular weight excluding hydrogens is 354 g/mol. The van der Waals surface area contributed by atoms with Crippen LogP contribution < -0.4 is 16.4 Å². The second-order valence-electron chi connectivity index (χ2n) is 6.19. The zero-order valence-corrected chi connectivity index (χ0v) is 16.4. The van der Waals surface area contributed by atoms with Gasteiger partial charge in [-0.3, -0.25) is 4.79 Å². The van der Waals surface area contributed by atoms with E-state index in [1.54, 1.807) is 0 Å². The largest absolute Gasteiger partial charge is 0.454 e. The van der Waals surface area contributed by atoms with Gasteiger partial charge in [-0.1, -0.05) is 32.0 Å². The predicted octanol–water partition coefficient (Wildman–Crippen LogP) is 2.39. The minimum absolute atomic E-state index is 0.239. The van der Waals surface area contributed by atoms with Crippen molar-refractivity contribution in [3.05, 3.63) is 29.3 Å². The molecule has 4 N–H and O–H groups in total. The summed E-state index contributed by atoms with van der Waals surface area (Å²) in [6.07, 6.45) is 2.26. The second-order valence-corrected chi connectivity index (χ2v) is 7.18. The summed E-state index contributed by atoms with van der Waals surface area (Å²) in [5, 5.41) is 5.15. The lowest BCUT2D eigenvalue weighted by molar-refractivity contribution is -0.149. The number of ether oxygens (including phenoxy) is 1. The summed E-state index contributed by atoms with van der Waals surface area (Å²) >= 11 is 1.53. The number of hydrogen-bond acceptors (Lipinski definition) is 5. The lowest BCUT2D eigenvalue weighted by atomic mass is 9.98. The molecule has 0 heterocycles. The molecule has 1 rings (SSSR count). The van der Waals surface area contributed by atoms with Gasteiger partial charge in [0, 0.05) is 5.69 Å². The molecule has 0 aromatic heterocycles. The third kappa shape index (κ3) is 6.95. The molecule has 1 atom stereocenters. The van der Waals surface area contributed by atoms with Crippen molar-refractivity contribution in [3.8, 4) is 0 Å². The van der Waals surface area contributed by atoms with Crippen LogP contribution in [-0.4, -0.2) is 42.6 Å². The van der Waals surface area contributed by atoms with Gasteiger partial charge in [0.15, 0.2) is 6.61 Å². The monoisotopic (exact) mass is 381 g/mol. The van der Waals surface area contributed by atoms with Crippen LogP contribution in [0.2, 0.25) is 0 Å². The van der Waals surface area contributed by atoms with Crippen molar-refractivity contribution in [2.45, 2.75) is 39.2 Å². The first-order chi connectivity index (χ1) is 12.3. The number of nitrogens with one attached hydrogen (secondary N) is 2. The van der Waals surface area contributed by atoms with Crippen LogP contribution in [0.4, 0.5) is 10.5 Å². The van der Waals surface area contributed by atoms with Crippen molar-refractivity contribution >= 4 is 35.4 Å². The first-order valence-electron chi connectivity index (χ1n) is 8.37. The van der Waals surface area contributed by atoms with Crippen LogP contribution in [0, 0.1) is 6.92 Å². The summed E-state index contributed by atoms with van der Waals surface area (Å²) < 4.78 is 5.05. The average Bonchev–Trinajstić information content (AvgIpc) is 2.57. The summed E-state index contributed by atoms with van der Waals surface area (Å²) in [5.74, 6) is -0.227. The molecule has 7 nitrogen and oxygen atoms in total. The summed E-state index contributed by atoms with van der Waals surface area (Å²) in [5.41, 5.74) is 7.76. The van der Waals surface area contributed by atoms with Crippen molar-refractivity contribution in [3.63, 3.8) is 0 Å². The molecule has 1 aromatic rings. The van der Waals surface area contributed by atoms with Crippen LogP contribution in [0.15, 0.2) is 18.2 Å². The molecule has 0 saturated carbocycles. The van der Waals surface area contributed by atoms with Gasteiger partial charge in [-0.15, -0.1) is 0 Å². The van der Waals surface area contributed by atoms with E-state index in [-0.39, 0.29) is 5.92 Å². The molecule has 1 aromatic carbocycles. The van der Waals surface area contributed by atoms with Gasteiger partial charge in [-0.25, -0.2) is 9.59 Å². The Labute approximate surface area is 158 Å². The number of anilines is 1. The molecule has 3 amide bonds. The van der Waals surface area contributed by atoms with Crippen LogP contribution >= 0.6 is 11.8 Å². The molecule has 0 radical (unpaired) electrons. The Bertz CT molecular complexity index is 649. The number of benzene rings is 1. The number of amides is 3. The Hall–Kier alpha value is -2.22. The van der Waals surface area contributed by atoms with Gasteiger partial charge in [0.1, 0.15) is 6.04 Å². The number of esters is 1. The number of carbonyl (C=O) groups excluding carboxylic acids is 3. The molecule has 0 aliphatic carbocycles. The van der Waals surface area contributed by atoms with Crippen LogP contribution in [0.5, 0.6) is 0 Å². The fourth-order valence-corrected chi connectivity index (χ4v) is 2.88. The SMILES string of the molecule is CSCC[C@@H](NC(N)=O)C(=O)OCC(=O)Nc1c(C)cccc1C(C)C. The number of nitrogens with two attached hydrogens (primary N) is 1. The molecule has 0 unspecified atom stereocenters. The third-order valence-corrected chi connectivity index (χ3v) is 4.39. The van der Waals surface area contributed by atoms with E-state index in [0.717, 1.165) is 16.8 Å². The van der Waals surface area contributed by atoms with Gasteiger partial charge < -0.3 is 21.1 Å².